The minimum absolute atomic E-state index is 0.572. The van der Waals surface area contributed by atoms with Crippen molar-refractivity contribution in [3.05, 3.63) is 0 Å². The lowest BCUT2D eigenvalue weighted by Gasteiger charge is -2.05. The summed E-state index contributed by atoms with van der Waals surface area (Å²) in [6.45, 7) is 5.50. The van der Waals surface area contributed by atoms with Crippen molar-refractivity contribution in [2.24, 2.45) is 0 Å². The van der Waals surface area contributed by atoms with Gasteiger partial charge in [-0.05, 0) is 12.8 Å². The molecule has 0 heterocycles. The fourth-order valence-corrected chi connectivity index (χ4v) is 2.29. The largest absolute Gasteiger partial charge is 0.319 e. The zero-order chi connectivity index (χ0) is 12.8. The van der Waals surface area contributed by atoms with E-state index in [1.54, 1.807) is 0 Å². The molecule has 0 saturated heterocycles. The Hall–Kier alpha value is 0.150. The highest BCUT2D eigenvalue weighted by atomic mass is 31.1. The van der Waals surface area contributed by atoms with E-state index in [1.165, 1.54) is 32.1 Å². The minimum Gasteiger partial charge on any atom is -0.311 e. The molecule has 0 aromatic rings. The van der Waals surface area contributed by atoms with Crippen LogP contribution in [-0.4, -0.2) is 13.2 Å². The Balaban J connectivity index is 3.11. The zero-order valence-electron chi connectivity index (χ0n) is 11.5. The summed E-state index contributed by atoms with van der Waals surface area (Å²) in [5.74, 6) is 0. The molecule has 0 spiro atoms. The number of rotatable bonds is 13. The Morgan fingerprint density at radius 2 is 1.12 bits per heavy atom. The summed E-state index contributed by atoms with van der Waals surface area (Å²) < 4.78 is 21.5. The van der Waals surface area contributed by atoms with Crippen molar-refractivity contribution in [3.8, 4) is 0 Å². The average molecular weight is 264 g/mol. The average Bonchev–Trinajstić information content (AvgIpc) is 2.33. The summed E-state index contributed by atoms with van der Waals surface area (Å²) in [7, 11) is -2.22. The highest BCUT2D eigenvalue weighted by molar-refractivity contribution is 7.33. The summed E-state index contributed by atoms with van der Waals surface area (Å²) in [6, 6.07) is 0. The molecule has 0 amide bonds. The molecule has 0 aromatic carbocycles. The van der Waals surface area contributed by atoms with Crippen LogP contribution < -0.4 is 0 Å². The highest BCUT2D eigenvalue weighted by Gasteiger charge is 1.99. The maximum Gasteiger partial charge on any atom is 0.319 e. The normalized spacial score (nSPS) is 12.8. The molecule has 3 nitrogen and oxygen atoms in total. The predicted octanol–water partition coefficient (Wildman–Crippen LogP) is 4.96. The molecule has 0 aliphatic rings. The van der Waals surface area contributed by atoms with Crippen molar-refractivity contribution in [2.45, 2.75) is 71.6 Å². The lowest BCUT2D eigenvalue weighted by Crippen LogP contribution is -1.91. The van der Waals surface area contributed by atoms with E-state index >= 15 is 0 Å². The van der Waals surface area contributed by atoms with Crippen LogP contribution in [0.2, 0.25) is 0 Å². The Labute approximate surface area is 107 Å². The molecule has 0 aliphatic heterocycles. The summed E-state index contributed by atoms with van der Waals surface area (Å²) in [4.78, 5) is 0. The maximum absolute atomic E-state index is 11.3. The van der Waals surface area contributed by atoms with E-state index in [4.69, 9.17) is 9.05 Å². The van der Waals surface area contributed by atoms with E-state index in [1.807, 2.05) is 0 Å². The van der Waals surface area contributed by atoms with Gasteiger partial charge in [0.05, 0.1) is 13.2 Å². The van der Waals surface area contributed by atoms with Gasteiger partial charge in [-0.3, -0.25) is 4.57 Å². The van der Waals surface area contributed by atoms with Gasteiger partial charge in [0.2, 0.25) is 0 Å². The lowest BCUT2D eigenvalue weighted by molar-refractivity contribution is 0.218. The van der Waals surface area contributed by atoms with E-state index < -0.39 is 8.25 Å². The van der Waals surface area contributed by atoms with Gasteiger partial charge in [-0.2, -0.15) is 0 Å². The van der Waals surface area contributed by atoms with Crippen molar-refractivity contribution >= 4 is 8.25 Å². The van der Waals surface area contributed by atoms with Crippen LogP contribution in [0, 0.1) is 0 Å². The highest BCUT2D eigenvalue weighted by Crippen LogP contribution is 2.24. The molecule has 0 radical (unpaired) electrons. The first-order chi connectivity index (χ1) is 8.31. The molecule has 0 fully saturated rings. The molecule has 1 atom stereocenters. The predicted molar refractivity (Wildman–Crippen MR) is 73.8 cm³/mol. The maximum atomic E-state index is 11.3. The summed E-state index contributed by atoms with van der Waals surface area (Å²) >= 11 is 0. The second-order valence-corrected chi connectivity index (χ2v) is 5.50. The molecule has 17 heavy (non-hydrogen) atoms. The molecular formula is C13H29O3P. The molecule has 0 N–H and O–H groups in total. The summed E-state index contributed by atoms with van der Waals surface area (Å²) in [6.07, 6.45) is 10.6. The van der Waals surface area contributed by atoms with Gasteiger partial charge in [-0.15, -0.1) is 0 Å². The van der Waals surface area contributed by atoms with E-state index in [9.17, 15) is 4.57 Å². The van der Waals surface area contributed by atoms with E-state index in [0.717, 1.165) is 25.7 Å². The van der Waals surface area contributed by atoms with Gasteiger partial charge < -0.3 is 9.05 Å². The van der Waals surface area contributed by atoms with E-state index in [2.05, 4.69) is 13.8 Å². The molecule has 104 valence electrons. The van der Waals surface area contributed by atoms with E-state index in [0.29, 0.717) is 13.2 Å². The topological polar surface area (TPSA) is 35.5 Å². The Kier molecular flexibility index (Phi) is 14.3. The molecule has 0 aliphatic carbocycles. The second-order valence-electron chi connectivity index (χ2n) is 4.42. The van der Waals surface area contributed by atoms with Crippen LogP contribution in [0.3, 0.4) is 0 Å². The van der Waals surface area contributed by atoms with Crippen LogP contribution in [0.1, 0.15) is 71.6 Å². The van der Waals surface area contributed by atoms with E-state index in [-0.39, 0.29) is 0 Å². The number of unbranched alkanes of at least 4 members (excludes halogenated alkanes) is 7. The lowest BCUT2D eigenvalue weighted by atomic mass is 10.1. The van der Waals surface area contributed by atoms with Gasteiger partial charge in [0, 0.05) is 0 Å². The van der Waals surface area contributed by atoms with Crippen molar-refractivity contribution < 1.29 is 13.6 Å². The third-order valence-electron chi connectivity index (χ3n) is 2.69. The van der Waals surface area contributed by atoms with Crippen LogP contribution >= 0.6 is 8.25 Å². The Bertz CT molecular complexity index is 174. The first kappa shape index (κ1) is 17.2. The van der Waals surface area contributed by atoms with Gasteiger partial charge >= 0.3 is 8.25 Å². The monoisotopic (exact) mass is 264 g/mol. The van der Waals surface area contributed by atoms with Crippen LogP contribution in [-0.2, 0) is 13.6 Å². The van der Waals surface area contributed by atoms with Crippen LogP contribution in [0.15, 0.2) is 0 Å². The van der Waals surface area contributed by atoms with Crippen LogP contribution in [0.4, 0.5) is 0 Å². The minimum atomic E-state index is -2.22. The van der Waals surface area contributed by atoms with Crippen molar-refractivity contribution in [1.29, 1.82) is 0 Å². The van der Waals surface area contributed by atoms with Gasteiger partial charge in [0.15, 0.2) is 0 Å². The quantitative estimate of drug-likeness (QED) is 0.348. The molecule has 4 heteroatoms. The fraction of sp³-hybridized carbons (Fsp3) is 1.00. The Morgan fingerprint density at radius 3 is 1.71 bits per heavy atom. The molecular weight excluding hydrogens is 235 g/mol. The van der Waals surface area contributed by atoms with Crippen molar-refractivity contribution in [3.63, 3.8) is 0 Å². The fourth-order valence-electron chi connectivity index (χ4n) is 1.59. The van der Waals surface area contributed by atoms with Gasteiger partial charge in [-0.25, -0.2) is 0 Å². The van der Waals surface area contributed by atoms with Crippen LogP contribution in [0.25, 0.3) is 0 Å². The SMILES string of the molecule is CCCCCCCCO[PH](=O)OCCCCC. The molecule has 0 saturated carbocycles. The van der Waals surface area contributed by atoms with Crippen molar-refractivity contribution in [2.75, 3.05) is 13.2 Å². The standard InChI is InChI=1S/C13H29O3P/c1-3-5-7-8-9-11-13-16-17(14)15-12-10-6-4-2/h17H,3-13H2,1-2H3. The molecule has 0 aromatic heterocycles. The molecule has 1 unspecified atom stereocenters. The third-order valence-corrected chi connectivity index (χ3v) is 3.57. The van der Waals surface area contributed by atoms with Crippen LogP contribution in [0.5, 0.6) is 0 Å². The Morgan fingerprint density at radius 1 is 0.706 bits per heavy atom. The van der Waals surface area contributed by atoms with Gasteiger partial charge in [0.1, 0.15) is 0 Å². The van der Waals surface area contributed by atoms with Gasteiger partial charge in [-0.1, -0.05) is 58.8 Å². The first-order valence-electron chi connectivity index (χ1n) is 7.10. The number of hydrogen-bond donors (Lipinski definition) is 0. The molecule has 0 bridgehead atoms. The number of hydrogen-bond acceptors (Lipinski definition) is 3. The second kappa shape index (κ2) is 14.2. The van der Waals surface area contributed by atoms with Gasteiger partial charge in [0.25, 0.3) is 0 Å². The third kappa shape index (κ3) is 14.1. The van der Waals surface area contributed by atoms with Crippen molar-refractivity contribution in [1.82, 2.24) is 0 Å². The summed E-state index contributed by atoms with van der Waals surface area (Å²) in [5.41, 5.74) is 0. The zero-order valence-corrected chi connectivity index (χ0v) is 12.5. The first-order valence-corrected chi connectivity index (χ1v) is 8.33. The molecule has 0 rings (SSSR count). The smallest absolute Gasteiger partial charge is 0.311 e. The summed E-state index contributed by atoms with van der Waals surface area (Å²) in [5, 5.41) is 0.